The third-order valence-electron chi connectivity index (χ3n) is 4.53. The Kier molecular flexibility index (Phi) is 6.46. The molecule has 0 radical (unpaired) electrons. The van der Waals surface area contributed by atoms with Gasteiger partial charge >= 0.3 is 6.09 Å². The maximum Gasteiger partial charge on any atom is 0.427 e. The number of furan rings is 1. The van der Waals surface area contributed by atoms with Crippen molar-refractivity contribution in [3.8, 4) is 0 Å². The van der Waals surface area contributed by atoms with E-state index in [1.165, 1.54) is 0 Å². The molecule has 0 bridgehead atoms. The Labute approximate surface area is 163 Å². The summed E-state index contributed by atoms with van der Waals surface area (Å²) in [6.07, 6.45) is 7.83. The van der Waals surface area contributed by atoms with Crippen molar-refractivity contribution in [2.24, 2.45) is 5.10 Å². The number of fused-ring (bicyclic) bond motifs is 1. The average molecular weight is 387 g/mol. The molecule has 0 spiro atoms. The molecule has 2 N–H and O–H groups in total. The third-order valence-corrected chi connectivity index (χ3v) is 4.53. The van der Waals surface area contributed by atoms with Crippen LogP contribution in [0.25, 0.3) is 0 Å². The Balaban J connectivity index is 1.64. The predicted molar refractivity (Wildman–Crippen MR) is 102 cm³/mol. The van der Waals surface area contributed by atoms with Gasteiger partial charge in [-0.1, -0.05) is 0 Å². The number of nitrogens with zero attached hydrogens (tertiary/aromatic N) is 3. The minimum atomic E-state index is -0.598. The summed E-state index contributed by atoms with van der Waals surface area (Å²) < 4.78 is 12.6. The summed E-state index contributed by atoms with van der Waals surface area (Å²) in [5.41, 5.74) is 4.65. The van der Waals surface area contributed by atoms with E-state index >= 15 is 0 Å². The first-order chi connectivity index (χ1) is 13.6. The van der Waals surface area contributed by atoms with Crippen molar-refractivity contribution in [1.82, 2.24) is 20.3 Å². The zero-order valence-corrected chi connectivity index (χ0v) is 16.2. The van der Waals surface area contributed by atoms with E-state index in [1.54, 1.807) is 19.4 Å². The van der Waals surface area contributed by atoms with Gasteiger partial charge < -0.3 is 19.0 Å². The summed E-state index contributed by atoms with van der Waals surface area (Å²) in [5, 5.41) is 7.07. The number of hydrogen-bond donors (Lipinski definition) is 2. The lowest BCUT2D eigenvalue weighted by atomic mass is 9.93. The smallest absolute Gasteiger partial charge is 0.427 e. The van der Waals surface area contributed by atoms with Gasteiger partial charge in [-0.15, -0.1) is 0 Å². The molecule has 1 aliphatic rings. The highest BCUT2D eigenvalue weighted by Gasteiger charge is 2.28. The monoisotopic (exact) mass is 387 g/mol. The molecule has 2 aromatic heterocycles. The van der Waals surface area contributed by atoms with Gasteiger partial charge in [0.2, 0.25) is 0 Å². The molecule has 0 atom stereocenters. The number of amides is 2. The number of hydrogen-bond acceptors (Lipinski definition) is 6. The van der Waals surface area contributed by atoms with Gasteiger partial charge in [-0.05, 0) is 33.1 Å². The van der Waals surface area contributed by atoms with Gasteiger partial charge in [0.1, 0.15) is 5.76 Å². The molecule has 150 valence electrons. The van der Waals surface area contributed by atoms with Gasteiger partial charge in [0.25, 0.3) is 5.91 Å². The summed E-state index contributed by atoms with van der Waals surface area (Å²) in [6, 6.07) is 0. The first-order valence-electron chi connectivity index (χ1n) is 9.46. The molecule has 0 saturated heterocycles. The van der Waals surface area contributed by atoms with Gasteiger partial charge in [-0.3, -0.25) is 4.79 Å². The molecule has 0 aromatic carbocycles. The summed E-state index contributed by atoms with van der Waals surface area (Å²) in [4.78, 5) is 28.0. The van der Waals surface area contributed by atoms with Crippen LogP contribution in [0.1, 0.15) is 53.6 Å². The summed E-state index contributed by atoms with van der Waals surface area (Å²) in [5.74, 6) is 0.797. The van der Waals surface area contributed by atoms with Crippen molar-refractivity contribution in [1.29, 1.82) is 0 Å². The predicted octanol–water partition coefficient (Wildman–Crippen LogP) is 2.39. The highest BCUT2D eigenvalue weighted by molar-refractivity contribution is 6.06. The topological polar surface area (TPSA) is 111 Å². The minimum Gasteiger partial charge on any atom is -0.455 e. The number of hydrazone groups is 1. The highest BCUT2D eigenvalue weighted by Crippen LogP contribution is 2.29. The van der Waals surface area contributed by atoms with Gasteiger partial charge in [0.05, 0.1) is 18.6 Å². The van der Waals surface area contributed by atoms with E-state index in [-0.39, 0.29) is 12.5 Å². The molecule has 2 aromatic rings. The Morgan fingerprint density at radius 1 is 1.39 bits per heavy atom. The average Bonchev–Trinajstić information content (AvgIpc) is 3.32. The number of carbonyl (C=O) groups excluding carboxylic acids is 2. The van der Waals surface area contributed by atoms with Crippen LogP contribution >= 0.6 is 0 Å². The Bertz CT molecular complexity index is 854. The Morgan fingerprint density at radius 2 is 2.25 bits per heavy atom. The van der Waals surface area contributed by atoms with E-state index in [1.807, 2.05) is 17.7 Å². The second kappa shape index (κ2) is 9.20. The van der Waals surface area contributed by atoms with E-state index in [0.717, 1.165) is 42.7 Å². The largest absolute Gasteiger partial charge is 0.455 e. The molecule has 1 aliphatic carbocycles. The van der Waals surface area contributed by atoms with Crippen LogP contribution in [0.5, 0.6) is 0 Å². The maximum atomic E-state index is 12.5. The molecule has 28 heavy (non-hydrogen) atoms. The second-order valence-corrected chi connectivity index (χ2v) is 6.51. The van der Waals surface area contributed by atoms with Crippen LogP contribution in [-0.2, 0) is 17.7 Å². The molecule has 0 saturated carbocycles. The molecule has 0 unspecified atom stereocenters. The van der Waals surface area contributed by atoms with Gasteiger partial charge in [0, 0.05) is 43.0 Å². The number of nitrogens with one attached hydrogen (secondary N) is 2. The van der Waals surface area contributed by atoms with Crippen molar-refractivity contribution >= 4 is 17.7 Å². The fourth-order valence-corrected chi connectivity index (χ4v) is 3.24. The lowest BCUT2D eigenvalue weighted by Gasteiger charge is -2.13. The number of aryl methyl sites for hydroxylation is 2. The van der Waals surface area contributed by atoms with Crippen LogP contribution in [0, 0.1) is 6.92 Å². The number of rotatable bonds is 7. The van der Waals surface area contributed by atoms with Crippen molar-refractivity contribution in [2.75, 3.05) is 13.2 Å². The zero-order valence-electron chi connectivity index (χ0n) is 16.2. The quantitative estimate of drug-likeness (QED) is 0.560. The Morgan fingerprint density at radius 3 is 3.00 bits per heavy atom. The molecule has 2 amide bonds. The Hall–Kier alpha value is -3.10. The van der Waals surface area contributed by atoms with Crippen molar-refractivity contribution in [2.45, 2.75) is 46.1 Å². The van der Waals surface area contributed by atoms with Crippen LogP contribution in [0.3, 0.4) is 0 Å². The summed E-state index contributed by atoms with van der Waals surface area (Å²) in [7, 11) is 0. The van der Waals surface area contributed by atoms with E-state index in [0.29, 0.717) is 24.4 Å². The molecule has 9 heteroatoms. The van der Waals surface area contributed by atoms with Crippen molar-refractivity contribution in [3.05, 3.63) is 41.4 Å². The van der Waals surface area contributed by atoms with E-state index in [2.05, 4.69) is 20.8 Å². The normalized spacial score (nSPS) is 14.6. The molecule has 0 fully saturated rings. The second-order valence-electron chi connectivity index (χ2n) is 6.51. The zero-order chi connectivity index (χ0) is 19.9. The number of ether oxygens (including phenoxy) is 1. The van der Waals surface area contributed by atoms with Crippen molar-refractivity contribution < 1.29 is 18.7 Å². The molecular formula is C19H25N5O4. The van der Waals surface area contributed by atoms with Gasteiger partial charge in [-0.25, -0.2) is 15.2 Å². The summed E-state index contributed by atoms with van der Waals surface area (Å²) in [6.45, 7) is 5.16. The SMILES string of the molecule is CCOC(=O)N/N=C1\CCCc2oc(C(=O)NCCCn3ccnc3)c(C)c21. The molecular weight excluding hydrogens is 362 g/mol. The first kappa shape index (κ1) is 19.7. The fraction of sp³-hybridized carbons (Fsp3) is 0.474. The van der Waals surface area contributed by atoms with E-state index < -0.39 is 6.09 Å². The van der Waals surface area contributed by atoms with Crippen LogP contribution < -0.4 is 10.7 Å². The minimum absolute atomic E-state index is 0.241. The molecule has 3 rings (SSSR count). The number of imidazole rings is 1. The van der Waals surface area contributed by atoms with Crippen LogP contribution in [0.2, 0.25) is 0 Å². The van der Waals surface area contributed by atoms with Crippen LogP contribution in [-0.4, -0.2) is 40.4 Å². The highest BCUT2D eigenvalue weighted by atomic mass is 16.5. The molecule has 9 nitrogen and oxygen atoms in total. The maximum absolute atomic E-state index is 12.5. The van der Waals surface area contributed by atoms with Crippen molar-refractivity contribution in [3.63, 3.8) is 0 Å². The molecule has 2 heterocycles. The van der Waals surface area contributed by atoms with Gasteiger partial charge in [-0.2, -0.15) is 5.10 Å². The molecule has 0 aliphatic heterocycles. The third kappa shape index (κ3) is 4.59. The van der Waals surface area contributed by atoms with Crippen LogP contribution in [0.15, 0.2) is 28.2 Å². The van der Waals surface area contributed by atoms with E-state index in [9.17, 15) is 9.59 Å². The van der Waals surface area contributed by atoms with Crippen LogP contribution in [0.4, 0.5) is 4.79 Å². The van der Waals surface area contributed by atoms with E-state index in [4.69, 9.17) is 9.15 Å². The summed E-state index contributed by atoms with van der Waals surface area (Å²) >= 11 is 0. The lowest BCUT2D eigenvalue weighted by molar-refractivity contribution is 0.0922. The number of carbonyl (C=O) groups is 2. The standard InChI is InChI=1S/C19H25N5O4/c1-3-27-19(26)23-22-14-6-4-7-15-16(14)13(2)17(28-15)18(25)21-8-5-10-24-11-9-20-12-24/h9,11-12H,3-8,10H2,1-2H3,(H,21,25)(H,23,26)/b22-14+. The first-order valence-corrected chi connectivity index (χ1v) is 9.46. The fourth-order valence-electron chi connectivity index (χ4n) is 3.24. The number of aromatic nitrogens is 2. The van der Waals surface area contributed by atoms with Gasteiger partial charge in [0.15, 0.2) is 5.76 Å². The lowest BCUT2D eigenvalue weighted by Crippen LogP contribution is -2.25.